The van der Waals surface area contributed by atoms with Crippen LogP contribution in [0, 0.1) is 0 Å². The fourth-order valence-corrected chi connectivity index (χ4v) is 2.96. The van der Waals surface area contributed by atoms with Crippen LogP contribution in [-0.4, -0.2) is 44.6 Å². The molecule has 136 valence electrons. The molecule has 1 unspecified atom stereocenters. The van der Waals surface area contributed by atoms with Crippen LogP contribution in [-0.2, 0) is 4.79 Å². The second-order valence-corrected chi connectivity index (χ2v) is 6.71. The number of carbonyl (C=O) groups excluding carboxylic acids is 1. The van der Waals surface area contributed by atoms with E-state index in [1.807, 2.05) is 23.8 Å². The first kappa shape index (κ1) is 17.8. The largest absolute Gasteiger partial charge is 0.356 e. The van der Waals surface area contributed by atoms with Crippen molar-refractivity contribution in [2.75, 3.05) is 11.9 Å². The van der Waals surface area contributed by atoms with Crippen molar-refractivity contribution in [1.29, 1.82) is 0 Å². The molecule has 1 aliphatic rings. The quantitative estimate of drug-likeness (QED) is 0.836. The SMILES string of the molecule is C=CC(=O)N[C@@H]1C=Cc2ncn(-c3cncc(N(C)C(C)C)n3)c2C1C. The maximum atomic E-state index is 11.7. The van der Waals surface area contributed by atoms with Crippen LogP contribution in [0.1, 0.15) is 38.1 Å². The second-order valence-electron chi connectivity index (χ2n) is 6.71. The molecule has 26 heavy (non-hydrogen) atoms. The van der Waals surface area contributed by atoms with Crippen LogP contribution in [0.5, 0.6) is 0 Å². The van der Waals surface area contributed by atoms with E-state index in [4.69, 9.17) is 4.98 Å². The van der Waals surface area contributed by atoms with Gasteiger partial charge >= 0.3 is 0 Å². The van der Waals surface area contributed by atoms with E-state index in [2.05, 4.69) is 47.5 Å². The molecule has 0 saturated carbocycles. The average molecular weight is 352 g/mol. The maximum absolute atomic E-state index is 11.7. The molecule has 0 radical (unpaired) electrons. The highest BCUT2D eigenvalue weighted by atomic mass is 16.1. The molecule has 0 fully saturated rings. The summed E-state index contributed by atoms with van der Waals surface area (Å²) < 4.78 is 1.95. The first-order chi connectivity index (χ1) is 12.4. The van der Waals surface area contributed by atoms with E-state index < -0.39 is 0 Å². The highest BCUT2D eigenvalue weighted by Gasteiger charge is 2.28. The second kappa shape index (κ2) is 7.11. The van der Waals surface area contributed by atoms with Crippen LogP contribution in [0.2, 0.25) is 0 Å². The van der Waals surface area contributed by atoms with Gasteiger partial charge < -0.3 is 10.2 Å². The van der Waals surface area contributed by atoms with Crippen LogP contribution in [0.4, 0.5) is 5.82 Å². The van der Waals surface area contributed by atoms with E-state index in [9.17, 15) is 4.79 Å². The number of hydrogen-bond donors (Lipinski definition) is 1. The molecule has 1 amide bonds. The summed E-state index contributed by atoms with van der Waals surface area (Å²) in [6, 6.07) is 0.189. The van der Waals surface area contributed by atoms with Crippen molar-refractivity contribution in [2.45, 2.75) is 38.8 Å². The average Bonchev–Trinajstić information content (AvgIpc) is 3.08. The Labute approximate surface area is 153 Å². The molecule has 0 spiro atoms. The number of carbonyl (C=O) groups is 1. The minimum absolute atomic E-state index is 0.0367. The van der Waals surface area contributed by atoms with Crippen molar-refractivity contribution in [2.24, 2.45) is 0 Å². The van der Waals surface area contributed by atoms with Crippen molar-refractivity contribution in [3.8, 4) is 5.82 Å². The number of amides is 1. The van der Waals surface area contributed by atoms with Crippen LogP contribution < -0.4 is 10.2 Å². The zero-order chi connectivity index (χ0) is 18.8. The third kappa shape index (κ3) is 3.24. The predicted molar refractivity (Wildman–Crippen MR) is 102 cm³/mol. The minimum atomic E-state index is -0.193. The predicted octanol–water partition coefficient (Wildman–Crippen LogP) is 2.31. The fourth-order valence-electron chi connectivity index (χ4n) is 2.96. The summed E-state index contributed by atoms with van der Waals surface area (Å²) >= 11 is 0. The highest BCUT2D eigenvalue weighted by molar-refractivity contribution is 5.87. The van der Waals surface area contributed by atoms with Crippen molar-refractivity contribution >= 4 is 17.8 Å². The van der Waals surface area contributed by atoms with Crippen molar-refractivity contribution in [3.63, 3.8) is 0 Å². The molecule has 7 heteroatoms. The third-order valence-electron chi connectivity index (χ3n) is 4.75. The van der Waals surface area contributed by atoms with Gasteiger partial charge in [0.1, 0.15) is 12.1 Å². The Morgan fingerprint density at radius 2 is 2.19 bits per heavy atom. The molecule has 2 atom stereocenters. The Morgan fingerprint density at radius 1 is 1.42 bits per heavy atom. The zero-order valence-corrected chi connectivity index (χ0v) is 15.5. The van der Waals surface area contributed by atoms with Gasteiger partial charge in [-0.05, 0) is 26.0 Å². The van der Waals surface area contributed by atoms with Gasteiger partial charge in [0.2, 0.25) is 5.91 Å². The molecular weight excluding hydrogens is 328 g/mol. The van der Waals surface area contributed by atoms with E-state index in [1.54, 1.807) is 18.7 Å². The summed E-state index contributed by atoms with van der Waals surface area (Å²) in [5.74, 6) is 1.35. The van der Waals surface area contributed by atoms with Gasteiger partial charge in [-0.3, -0.25) is 14.3 Å². The normalized spacial score (nSPS) is 18.5. The maximum Gasteiger partial charge on any atom is 0.243 e. The lowest BCUT2D eigenvalue weighted by molar-refractivity contribution is -0.117. The lowest BCUT2D eigenvalue weighted by Gasteiger charge is -2.27. The molecule has 2 aromatic heterocycles. The zero-order valence-electron chi connectivity index (χ0n) is 15.5. The minimum Gasteiger partial charge on any atom is -0.356 e. The molecule has 1 N–H and O–H groups in total. The number of hydrogen-bond acceptors (Lipinski definition) is 5. The Balaban J connectivity index is 1.97. The Hall–Kier alpha value is -2.96. The Bertz CT molecular complexity index is 853. The van der Waals surface area contributed by atoms with Crippen LogP contribution in [0.3, 0.4) is 0 Å². The van der Waals surface area contributed by atoms with Crippen molar-refractivity contribution in [1.82, 2.24) is 24.8 Å². The number of rotatable bonds is 5. The van der Waals surface area contributed by atoms with E-state index in [0.717, 1.165) is 17.2 Å². The lowest BCUT2D eigenvalue weighted by Crippen LogP contribution is -2.38. The molecular formula is C19H24N6O. The topological polar surface area (TPSA) is 75.9 Å². The van der Waals surface area contributed by atoms with Gasteiger partial charge in [-0.15, -0.1) is 0 Å². The number of aromatic nitrogens is 4. The molecule has 0 aliphatic heterocycles. The molecule has 2 heterocycles. The van der Waals surface area contributed by atoms with Gasteiger partial charge in [0.15, 0.2) is 5.82 Å². The van der Waals surface area contributed by atoms with Gasteiger partial charge in [-0.25, -0.2) is 9.97 Å². The lowest BCUT2D eigenvalue weighted by atomic mass is 9.91. The van der Waals surface area contributed by atoms with Gasteiger partial charge in [0.05, 0.1) is 29.8 Å². The van der Waals surface area contributed by atoms with E-state index in [0.29, 0.717) is 11.9 Å². The van der Waals surface area contributed by atoms with Crippen LogP contribution >= 0.6 is 0 Å². The molecule has 0 saturated heterocycles. The van der Waals surface area contributed by atoms with Gasteiger partial charge in [0.25, 0.3) is 0 Å². The Morgan fingerprint density at radius 3 is 2.88 bits per heavy atom. The molecule has 2 aromatic rings. The molecule has 0 bridgehead atoms. The standard InChI is InChI=1S/C19H24N6O/c1-6-18(26)22-14-7-8-15-19(13(14)4)25(11-21-15)17-10-20-9-16(23-17)24(5)12(2)3/h6-14H,1H2,2-5H3,(H,22,26)/t13?,14-/m1/s1. The summed E-state index contributed by atoms with van der Waals surface area (Å²) in [6.45, 7) is 9.78. The molecule has 0 aromatic carbocycles. The fraction of sp³-hybridized carbons (Fsp3) is 0.368. The summed E-state index contributed by atoms with van der Waals surface area (Å²) in [7, 11) is 1.99. The molecule has 3 rings (SSSR count). The highest BCUT2D eigenvalue weighted by Crippen LogP contribution is 2.31. The summed E-state index contributed by atoms with van der Waals surface area (Å²) in [5.41, 5.74) is 1.88. The number of fused-ring (bicyclic) bond motifs is 1. The first-order valence-electron chi connectivity index (χ1n) is 8.66. The van der Waals surface area contributed by atoms with E-state index >= 15 is 0 Å². The number of anilines is 1. The smallest absolute Gasteiger partial charge is 0.243 e. The van der Waals surface area contributed by atoms with Crippen LogP contribution in [0.15, 0.2) is 37.5 Å². The number of nitrogens with zero attached hydrogens (tertiary/aromatic N) is 5. The van der Waals surface area contributed by atoms with Gasteiger partial charge in [-0.2, -0.15) is 0 Å². The summed E-state index contributed by atoms with van der Waals surface area (Å²) in [4.78, 5) is 27.3. The van der Waals surface area contributed by atoms with E-state index in [-0.39, 0.29) is 17.9 Å². The summed E-state index contributed by atoms with van der Waals surface area (Å²) in [5, 5.41) is 2.94. The number of imidazole rings is 1. The van der Waals surface area contributed by atoms with Crippen molar-refractivity contribution < 1.29 is 4.79 Å². The molecule has 1 aliphatic carbocycles. The Kier molecular flexibility index (Phi) is 4.88. The third-order valence-corrected chi connectivity index (χ3v) is 4.75. The van der Waals surface area contributed by atoms with Crippen molar-refractivity contribution in [3.05, 3.63) is 48.8 Å². The summed E-state index contributed by atoms with van der Waals surface area (Å²) in [6.07, 6.45) is 10.4. The monoisotopic (exact) mass is 352 g/mol. The first-order valence-corrected chi connectivity index (χ1v) is 8.66. The number of nitrogens with one attached hydrogen (secondary N) is 1. The van der Waals surface area contributed by atoms with Crippen LogP contribution in [0.25, 0.3) is 11.9 Å². The van der Waals surface area contributed by atoms with Gasteiger partial charge in [-0.1, -0.05) is 19.6 Å². The molecule has 7 nitrogen and oxygen atoms in total. The van der Waals surface area contributed by atoms with Gasteiger partial charge in [0, 0.05) is 19.0 Å². The van der Waals surface area contributed by atoms with E-state index in [1.165, 1.54) is 6.08 Å².